The van der Waals surface area contributed by atoms with Crippen molar-refractivity contribution >= 4 is 28.8 Å². The Kier molecular flexibility index (Phi) is 5.50. The summed E-state index contributed by atoms with van der Waals surface area (Å²) in [5, 5.41) is 0. The number of carbonyl (C=O) groups excluding carboxylic acids is 1. The number of hydrogen-bond acceptors (Lipinski definition) is 6. The molecule has 0 radical (unpaired) electrons. The number of likely N-dealkylation sites (N-methyl/N-ethyl adjacent to an activating group) is 1. The third-order valence-corrected chi connectivity index (χ3v) is 6.82. The van der Waals surface area contributed by atoms with Crippen LogP contribution in [0.4, 0.5) is 22.9 Å². The molecule has 0 bridgehead atoms. The molecule has 2 aliphatic heterocycles. The predicted molar refractivity (Wildman–Crippen MR) is 133 cm³/mol. The fourth-order valence-corrected chi connectivity index (χ4v) is 4.63. The van der Waals surface area contributed by atoms with Crippen LogP contribution in [0.1, 0.15) is 27.3 Å². The summed E-state index contributed by atoms with van der Waals surface area (Å²) < 4.78 is 0. The average molecular weight is 443 g/mol. The van der Waals surface area contributed by atoms with Gasteiger partial charge in [0.1, 0.15) is 11.5 Å². The number of para-hydroxylation sites is 1. The van der Waals surface area contributed by atoms with Gasteiger partial charge in [-0.1, -0.05) is 18.2 Å². The molecule has 1 fully saturated rings. The Morgan fingerprint density at radius 3 is 2.42 bits per heavy atom. The molecule has 0 atom stereocenters. The second kappa shape index (κ2) is 8.48. The van der Waals surface area contributed by atoms with Crippen molar-refractivity contribution in [2.75, 3.05) is 62.0 Å². The highest BCUT2D eigenvalue weighted by Crippen LogP contribution is 2.37. The molecular formula is C26H30N6O. The van der Waals surface area contributed by atoms with E-state index >= 15 is 0 Å². The lowest BCUT2D eigenvalue weighted by Crippen LogP contribution is -2.44. The van der Waals surface area contributed by atoms with Crippen LogP contribution in [0, 0.1) is 6.92 Å². The lowest BCUT2D eigenvalue weighted by molar-refractivity contribution is 0.0994. The molecule has 0 spiro atoms. The van der Waals surface area contributed by atoms with Crippen molar-refractivity contribution in [2.24, 2.45) is 0 Å². The maximum atomic E-state index is 13.0. The van der Waals surface area contributed by atoms with Gasteiger partial charge in [0.05, 0.1) is 17.4 Å². The van der Waals surface area contributed by atoms with E-state index in [2.05, 4.69) is 47.0 Å². The Bertz CT molecular complexity index is 1200. The molecule has 5 rings (SSSR count). The fourth-order valence-electron chi connectivity index (χ4n) is 4.63. The van der Waals surface area contributed by atoms with Crippen molar-refractivity contribution in [1.29, 1.82) is 0 Å². The molecule has 3 heterocycles. The zero-order valence-electron chi connectivity index (χ0n) is 19.7. The molecule has 3 aromatic rings. The van der Waals surface area contributed by atoms with Crippen LogP contribution in [-0.2, 0) is 6.42 Å². The van der Waals surface area contributed by atoms with Crippen molar-refractivity contribution in [3.05, 3.63) is 71.2 Å². The first-order valence-electron chi connectivity index (χ1n) is 11.4. The van der Waals surface area contributed by atoms with E-state index in [4.69, 9.17) is 4.98 Å². The third-order valence-electron chi connectivity index (χ3n) is 6.82. The summed E-state index contributed by atoms with van der Waals surface area (Å²) in [6.45, 7) is 6.47. The summed E-state index contributed by atoms with van der Waals surface area (Å²) in [5.74, 6) is 1.44. The number of aryl methyl sites for hydroxylation is 1. The molecule has 1 saturated heterocycles. The van der Waals surface area contributed by atoms with Crippen LogP contribution >= 0.6 is 0 Å². The minimum atomic E-state index is -0.0529. The molecule has 2 aromatic carbocycles. The van der Waals surface area contributed by atoms with Crippen molar-refractivity contribution in [3.63, 3.8) is 0 Å². The summed E-state index contributed by atoms with van der Waals surface area (Å²) in [4.78, 5) is 31.0. The van der Waals surface area contributed by atoms with Crippen LogP contribution in [0.5, 0.6) is 0 Å². The van der Waals surface area contributed by atoms with Gasteiger partial charge in [0.15, 0.2) is 5.82 Å². The highest BCUT2D eigenvalue weighted by molar-refractivity contribution is 6.13. The van der Waals surface area contributed by atoms with Gasteiger partial charge in [-0.2, -0.15) is 0 Å². The quantitative estimate of drug-likeness (QED) is 0.619. The van der Waals surface area contributed by atoms with Gasteiger partial charge in [0.25, 0.3) is 5.91 Å². The molecule has 7 heteroatoms. The Morgan fingerprint density at radius 1 is 0.909 bits per heavy atom. The van der Waals surface area contributed by atoms with E-state index in [1.54, 1.807) is 18.1 Å². The van der Waals surface area contributed by atoms with Crippen molar-refractivity contribution in [3.8, 4) is 0 Å². The minimum absolute atomic E-state index is 0.0529. The van der Waals surface area contributed by atoms with Crippen molar-refractivity contribution in [2.45, 2.75) is 13.3 Å². The van der Waals surface area contributed by atoms with Crippen molar-refractivity contribution in [1.82, 2.24) is 14.9 Å². The summed E-state index contributed by atoms with van der Waals surface area (Å²) >= 11 is 0. The second-order valence-corrected chi connectivity index (χ2v) is 9.01. The van der Waals surface area contributed by atoms with Gasteiger partial charge in [0, 0.05) is 52.4 Å². The van der Waals surface area contributed by atoms with Crippen molar-refractivity contribution < 1.29 is 4.79 Å². The van der Waals surface area contributed by atoms with E-state index in [0.717, 1.165) is 43.5 Å². The van der Waals surface area contributed by atoms with Crippen LogP contribution in [-0.4, -0.2) is 68.1 Å². The Hall–Kier alpha value is -3.45. The Balaban J connectivity index is 1.43. The van der Waals surface area contributed by atoms with Gasteiger partial charge >= 0.3 is 0 Å². The highest BCUT2D eigenvalue weighted by Gasteiger charge is 2.28. The van der Waals surface area contributed by atoms with Gasteiger partial charge in [-0.05, 0) is 49.4 Å². The largest absolute Gasteiger partial charge is 0.369 e. The zero-order valence-corrected chi connectivity index (χ0v) is 19.7. The average Bonchev–Trinajstić information content (AvgIpc) is 2.91. The molecule has 33 heavy (non-hydrogen) atoms. The number of fused-ring (bicyclic) bond motifs is 2. The monoisotopic (exact) mass is 442 g/mol. The molecular weight excluding hydrogens is 412 g/mol. The van der Waals surface area contributed by atoms with Gasteiger partial charge in [-0.15, -0.1) is 0 Å². The SMILES string of the molecule is Cc1cc(N2CCN(C)CC2)ccc1Cc1ncc2c(n1)N(C)c1ccccc1C(=O)N2C. The molecule has 0 saturated carbocycles. The maximum absolute atomic E-state index is 13.0. The highest BCUT2D eigenvalue weighted by atomic mass is 16.2. The Morgan fingerprint density at radius 2 is 1.67 bits per heavy atom. The second-order valence-electron chi connectivity index (χ2n) is 9.01. The minimum Gasteiger partial charge on any atom is -0.369 e. The van der Waals surface area contributed by atoms with E-state index in [1.807, 2.05) is 36.2 Å². The van der Waals surface area contributed by atoms with Gasteiger partial charge < -0.3 is 19.6 Å². The number of amides is 1. The summed E-state index contributed by atoms with van der Waals surface area (Å²) in [6.07, 6.45) is 2.42. The Labute approximate surface area is 195 Å². The van der Waals surface area contributed by atoms with Crippen LogP contribution in [0.25, 0.3) is 0 Å². The van der Waals surface area contributed by atoms with E-state index in [-0.39, 0.29) is 5.91 Å². The zero-order chi connectivity index (χ0) is 23.1. The van der Waals surface area contributed by atoms with Gasteiger partial charge in [0.2, 0.25) is 0 Å². The number of anilines is 4. The molecule has 1 aromatic heterocycles. The van der Waals surface area contributed by atoms with E-state index in [0.29, 0.717) is 17.7 Å². The van der Waals surface area contributed by atoms with E-state index < -0.39 is 0 Å². The van der Waals surface area contributed by atoms with Crippen LogP contribution in [0.2, 0.25) is 0 Å². The van der Waals surface area contributed by atoms with Crippen LogP contribution in [0.3, 0.4) is 0 Å². The molecule has 7 nitrogen and oxygen atoms in total. The normalized spacial score (nSPS) is 16.5. The van der Waals surface area contributed by atoms with Gasteiger partial charge in [-0.3, -0.25) is 4.79 Å². The number of nitrogens with zero attached hydrogens (tertiary/aromatic N) is 6. The van der Waals surface area contributed by atoms with E-state index in [1.165, 1.54) is 16.8 Å². The first-order chi connectivity index (χ1) is 15.9. The van der Waals surface area contributed by atoms with Crippen LogP contribution < -0.4 is 14.7 Å². The smallest absolute Gasteiger partial charge is 0.260 e. The number of benzene rings is 2. The third kappa shape index (κ3) is 3.93. The maximum Gasteiger partial charge on any atom is 0.260 e. The first kappa shape index (κ1) is 21.4. The number of hydrogen-bond donors (Lipinski definition) is 0. The van der Waals surface area contributed by atoms with Crippen LogP contribution in [0.15, 0.2) is 48.7 Å². The summed E-state index contributed by atoms with van der Waals surface area (Å²) in [5.41, 5.74) is 5.97. The lowest BCUT2D eigenvalue weighted by atomic mass is 10.0. The topological polar surface area (TPSA) is 55.8 Å². The molecule has 0 unspecified atom stereocenters. The molecule has 1 amide bonds. The molecule has 2 aliphatic rings. The number of carbonyl (C=O) groups is 1. The lowest BCUT2D eigenvalue weighted by Gasteiger charge is -2.34. The first-order valence-corrected chi connectivity index (χ1v) is 11.4. The van der Waals surface area contributed by atoms with Gasteiger partial charge in [-0.25, -0.2) is 9.97 Å². The predicted octanol–water partition coefficient (Wildman–Crippen LogP) is 3.49. The molecule has 0 aliphatic carbocycles. The molecule has 170 valence electrons. The number of rotatable bonds is 3. The molecule has 0 N–H and O–H groups in total. The summed E-state index contributed by atoms with van der Waals surface area (Å²) in [6, 6.07) is 14.3. The van der Waals surface area contributed by atoms with E-state index in [9.17, 15) is 4.79 Å². The number of aromatic nitrogens is 2. The fraction of sp³-hybridized carbons (Fsp3) is 0.346. The standard InChI is InChI=1S/C26H30N6O/c1-18-15-20(32-13-11-29(2)12-14-32)10-9-19(18)16-24-27-17-23-25(28-24)30(3)22-8-6-5-7-21(22)26(33)31(23)4/h5-10,15,17H,11-14,16H2,1-4H3. The number of piperazine rings is 1. The summed E-state index contributed by atoms with van der Waals surface area (Å²) in [7, 11) is 5.91.